The molecule has 1 aliphatic rings. The van der Waals surface area contributed by atoms with E-state index >= 15 is 0 Å². The zero-order chi connectivity index (χ0) is 28.9. The number of nitrogens with two attached hydrogens (primary N) is 1. The van der Waals surface area contributed by atoms with E-state index in [9.17, 15) is 4.79 Å². The van der Waals surface area contributed by atoms with Gasteiger partial charge in [-0.2, -0.15) is 0 Å². The van der Waals surface area contributed by atoms with Crippen LogP contribution in [-0.4, -0.2) is 79.1 Å². The number of rotatable bonds is 18. The molecule has 2 N–H and O–H groups in total. The molecule has 3 aromatic rings. The van der Waals surface area contributed by atoms with Gasteiger partial charge in [-0.15, -0.1) is 0 Å². The molecule has 0 saturated carbocycles. The molecule has 9 nitrogen and oxygen atoms in total. The average molecular weight is 566 g/mol. The number of hydrogen-bond acceptors (Lipinski definition) is 9. The number of methoxy groups -OCH3 is 2. The quantitative estimate of drug-likeness (QED) is 0.139. The second-order valence-corrected chi connectivity index (χ2v) is 9.48. The first-order chi connectivity index (χ1) is 20.1. The number of esters is 1. The molecule has 9 heteroatoms. The number of hydrogen-bond donors (Lipinski definition) is 1. The summed E-state index contributed by atoms with van der Waals surface area (Å²) >= 11 is 0. The number of carbonyl (C=O) groups excluding carboxylic acids is 1. The molecule has 0 bridgehead atoms. The number of ether oxygens (including phenoxy) is 7. The highest BCUT2D eigenvalue weighted by atomic mass is 16.7. The first-order valence-electron chi connectivity index (χ1n) is 13.7. The second-order valence-electron chi connectivity index (χ2n) is 9.48. The van der Waals surface area contributed by atoms with Gasteiger partial charge >= 0.3 is 5.97 Å². The van der Waals surface area contributed by atoms with E-state index in [0.29, 0.717) is 39.6 Å². The Hall–Kier alpha value is -3.31. The molecule has 41 heavy (non-hydrogen) atoms. The molecule has 1 unspecified atom stereocenters. The standard InChI is InChI=1S/C32H39NO8/c1-35-32(36-2)23-11-13-24(14-12-23)40-20-19-38-16-15-37-17-18-39-22-30(33)31(34)41-21-29-27-9-5-3-7-25(27)26-8-4-6-10-28(26)29/h3-14,29-30,32H,15-22,33H2,1-2H3. The van der Waals surface area contributed by atoms with Crippen LogP contribution in [0, 0.1) is 0 Å². The van der Waals surface area contributed by atoms with Gasteiger partial charge in [0, 0.05) is 25.7 Å². The summed E-state index contributed by atoms with van der Waals surface area (Å²) in [7, 11) is 3.19. The second kappa shape index (κ2) is 16.2. The van der Waals surface area contributed by atoms with Crippen LogP contribution in [0.25, 0.3) is 11.1 Å². The zero-order valence-electron chi connectivity index (χ0n) is 23.7. The van der Waals surface area contributed by atoms with E-state index in [1.807, 2.05) is 48.5 Å². The van der Waals surface area contributed by atoms with E-state index in [4.69, 9.17) is 38.9 Å². The van der Waals surface area contributed by atoms with E-state index in [2.05, 4.69) is 24.3 Å². The third kappa shape index (κ3) is 8.59. The highest BCUT2D eigenvalue weighted by Crippen LogP contribution is 2.44. The highest BCUT2D eigenvalue weighted by molar-refractivity contribution is 5.79. The van der Waals surface area contributed by atoms with Crippen LogP contribution < -0.4 is 10.5 Å². The normalized spacial score (nSPS) is 13.2. The lowest BCUT2D eigenvalue weighted by molar-refractivity contribution is -0.147. The maximum Gasteiger partial charge on any atom is 0.325 e. The summed E-state index contributed by atoms with van der Waals surface area (Å²) in [6, 6.07) is 23.1. The molecule has 3 aromatic carbocycles. The van der Waals surface area contributed by atoms with E-state index < -0.39 is 18.3 Å². The fraction of sp³-hybridized carbons (Fsp3) is 0.406. The Kier molecular flexibility index (Phi) is 12.1. The maximum absolute atomic E-state index is 12.5. The van der Waals surface area contributed by atoms with Crippen LogP contribution in [0.15, 0.2) is 72.8 Å². The molecule has 220 valence electrons. The third-order valence-electron chi connectivity index (χ3n) is 6.78. The summed E-state index contributed by atoms with van der Waals surface area (Å²) in [4.78, 5) is 12.5. The largest absolute Gasteiger partial charge is 0.491 e. The van der Waals surface area contributed by atoms with Gasteiger partial charge < -0.3 is 38.9 Å². The lowest BCUT2D eigenvalue weighted by Gasteiger charge is -2.17. The van der Waals surface area contributed by atoms with Crippen LogP contribution in [0.4, 0.5) is 0 Å². The summed E-state index contributed by atoms with van der Waals surface area (Å²) in [6.45, 7) is 2.71. The molecule has 4 rings (SSSR count). The summed E-state index contributed by atoms with van der Waals surface area (Å²) in [6.07, 6.45) is -0.393. The summed E-state index contributed by atoms with van der Waals surface area (Å²) < 4.78 is 38.3. The molecule has 1 aliphatic carbocycles. The van der Waals surface area contributed by atoms with Gasteiger partial charge in [0.1, 0.15) is 25.0 Å². The Morgan fingerprint density at radius 3 is 1.85 bits per heavy atom. The van der Waals surface area contributed by atoms with Gasteiger partial charge in [0.15, 0.2) is 6.29 Å². The Morgan fingerprint density at radius 1 is 0.732 bits per heavy atom. The minimum absolute atomic E-state index is 0.00139. The summed E-state index contributed by atoms with van der Waals surface area (Å²) in [5.74, 6) is 0.264. The van der Waals surface area contributed by atoms with Crippen LogP contribution in [0.5, 0.6) is 5.75 Å². The van der Waals surface area contributed by atoms with Crippen LogP contribution in [0.1, 0.15) is 28.9 Å². The molecule has 0 spiro atoms. The lowest BCUT2D eigenvalue weighted by atomic mass is 9.98. The number of fused-ring (bicyclic) bond motifs is 3. The van der Waals surface area contributed by atoms with Crippen LogP contribution >= 0.6 is 0 Å². The van der Waals surface area contributed by atoms with Gasteiger partial charge in [0.25, 0.3) is 0 Å². The fourth-order valence-corrected chi connectivity index (χ4v) is 4.74. The smallest absolute Gasteiger partial charge is 0.325 e. The predicted octanol–water partition coefficient (Wildman–Crippen LogP) is 4.09. The van der Waals surface area contributed by atoms with Crippen LogP contribution in [0.3, 0.4) is 0 Å². The maximum atomic E-state index is 12.5. The van der Waals surface area contributed by atoms with Gasteiger partial charge in [-0.1, -0.05) is 60.7 Å². The minimum Gasteiger partial charge on any atom is -0.491 e. The van der Waals surface area contributed by atoms with E-state index in [0.717, 1.165) is 22.4 Å². The van der Waals surface area contributed by atoms with Crippen molar-refractivity contribution in [2.45, 2.75) is 18.2 Å². The van der Waals surface area contributed by atoms with Gasteiger partial charge in [0.05, 0.1) is 39.6 Å². The fourth-order valence-electron chi connectivity index (χ4n) is 4.74. The zero-order valence-corrected chi connectivity index (χ0v) is 23.7. The highest BCUT2D eigenvalue weighted by Gasteiger charge is 2.29. The van der Waals surface area contributed by atoms with Crippen molar-refractivity contribution >= 4 is 5.97 Å². The van der Waals surface area contributed by atoms with Crippen molar-refractivity contribution in [3.63, 3.8) is 0 Å². The minimum atomic E-state index is -0.859. The van der Waals surface area contributed by atoms with Crippen LogP contribution in [-0.2, 0) is 33.2 Å². The molecule has 0 heterocycles. The lowest BCUT2D eigenvalue weighted by Crippen LogP contribution is -2.37. The molecule has 0 amide bonds. The van der Waals surface area contributed by atoms with Gasteiger partial charge in [-0.25, -0.2) is 0 Å². The number of carbonyl (C=O) groups is 1. The summed E-state index contributed by atoms with van der Waals surface area (Å²) in [5, 5.41) is 0. The van der Waals surface area contributed by atoms with E-state index in [1.54, 1.807) is 14.2 Å². The topological polar surface area (TPSA) is 108 Å². The van der Waals surface area contributed by atoms with Crippen molar-refractivity contribution in [3.8, 4) is 16.9 Å². The third-order valence-corrected chi connectivity index (χ3v) is 6.78. The first-order valence-corrected chi connectivity index (χ1v) is 13.7. The van der Waals surface area contributed by atoms with E-state index in [-0.39, 0.29) is 19.1 Å². The Bertz CT molecular complexity index is 1170. The van der Waals surface area contributed by atoms with Crippen LogP contribution in [0.2, 0.25) is 0 Å². The van der Waals surface area contributed by atoms with Crippen molar-refractivity contribution in [1.82, 2.24) is 0 Å². The Morgan fingerprint density at radius 2 is 1.27 bits per heavy atom. The Balaban J connectivity index is 1.01. The SMILES string of the molecule is COC(OC)c1ccc(OCCOCCOCCOCC(N)C(=O)OCC2c3ccccc3-c3ccccc32)cc1. The first kappa shape index (κ1) is 30.6. The monoisotopic (exact) mass is 565 g/mol. The molecule has 0 radical (unpaired) electrons. The van der Waals surface area contributed by atoms with Gasteiger partial charge in [0.2, 0.25) is 0 Å². The van der Waals surface area contributed by atoms with Gasteiger partial charge in [-0.3, -0.25) is 4.79 Å². The van der Waals surface area contributed by atoms with Crippen molar-refractivity contribution in [3.05, 3.63) is 89.5 Å². The molecule has 1 atom stereocenters. The number of benzene rings is 3. The Labute approximate surface area is 241 Å². The van der Waals surface area contributed by atoms with Gasteiger partial charge in [-0.05, 0) is 34.4 Å². The molecular weight excluding hydrogens is 526 g/mol. The van der Waals surface area contributed by atoms with E-state index in [1.165, 1.54) is 11.1 Å². The van der Waals surface area contributed by atoms with Crippen molar-refractivity contribution in [2.75, 3.05) is 67.1 Å². The molecule has 0 saturated heterocycles. The predicted molar refractivity (Wildman–Crippen MR) is 154 cm³/mol. The molecule has 0 aliphatic heterocycles. The average Bonchev–Trinajstić information content (AvgIpc) is 3.33. The van der Waals surface area contributed by atoms with Crippen molar-refractivity contribution in [1.29, 1.82) is 0 Å². The van der Waals surface area contributed by atoms with Crippen molar-refractivity contribution in [2.24, 2.45) is 5.73 Å². The van der Waals surface area contributed by atoms with Crippen molar-refractivity contribution < 1.29 is 38.0 Å². The molecule has 0 fully saturated rings. The molecular formula is C32H39NO8. The molecule has 0 aromatic heterocycles. The summed E-state index contributed by atoms with van der Waals surface area (Å²) in [5.41, 5.74) is 11.6.